The molecule has 7 nitrogen and oxygen atoms in total. The Balaban J connectivity index is 2.75. The monoisotopic (exact) mass is 257 g/mol. The van der Waals surface area contributed by atoms with Crippen LogP contribution in [-0.4, -0.2) is 52.6 Å². The molecule has 0 aliphatic carbocycles. The van der Waals surface area contributed by atoms with Gasteiger partial charge in [-0.1, -0.05) is 6.92 Å². The van der Waals surface area contributed by atoms with Gasteiger partial charge in [0.25, 0.3) is 0 Å². The topological polar surface area (TPSA) is 98.7 Å². The molecule has 1 fully saturated rings. The summed E-state index contributed by atoms with van der Waals surface area (Å²) < 4.78 is 0. The maximum Gasteiger partial charge on any atom is 0.405 e. The molecule has 7 heteroatoms. The molecule has 102 valence electrons. The normalized spacial score (nSPS) is 19.9. The second-order valence-corrected chi connectivity index (χ2v) is 5.04. The molecule has 1 aliphatic heterocycles. The molecule has 0 aromatic carbocycles. The molecule has 18 heavy (non-hydrogen) atoms. The zero-order valence-corrected chi connectivity index (χ0v) is 10.8. The van der Waals surface area contributed by atoms with E-state index in [0.717, 1.165) is 0 Å². The van der Waals surface area contributed by atoms with Gasteiger partial charge >= 0.3 is 6.09 Å². The largest absolute Gasteiger partial charge is 0.465 e. The number of carboxylic acid groups (broad SMARTS) is 1. The lowest BCUT2D eigenvalue weighted by Crippen LogP contribution is -2.63. The highest BCUT2D eigenvalue weighted by molar-refractivity contribution is 5.90. The van der Waals surface area contributed by atoms with Crippen molar-refractivity contribution in [2.75, 3.05) is 13.1 Å². The number of amides is 3. The molecular weight excluding hydrogens is 238 g/mol. The predicted molar refractivity (Wildman–Crippen MR) is 64.0 cm³/mol. The van der Waals surface area contributed by atoms with Crippen molar-refractivity contribution < 1.29 is 19.5 Å². The van der Waals surface area contributed by atoms with Gasteiger partial charge < -0.3 is 20.6 Å². The van der Waals surface area contributed by atoms with Crippen LogP contribution < -0.4 is 10.6 Å². The fraction of sp³-hybridized carbons (Fsp3) is 0.727. The fourth-order valence-electron chi connectivity index (χ4n) is 2.03. The van der Waals surface area contributed by atoms with Crippen molar-refractivity contribution in [1.29, 1.82) is 0 Å². The van der Waals surface area contributed by atoms with Crippen LogP contribution in [0.2, 0.25) is 0 Å². The van der Waals surface area contributed by atoms with Crippen LogP contribution in [0.15, 0.2) is 0 Å². The zero-order valence-electron chi connectivity index (χ0n) is 10.8. The van der Waals surface area contributed by atoms with Gasteiger partial charge in [-0.05, 0) is 20.3 Å². The van der Waals surface area contributed by atoms with Crippen molar-refractivity contribution in [1.82, 2.24) is 15.5 Å². The molecule has 1 unspecified atom stereocenters. The zero-order chi connectivity index (χ0) is 13.9. The molecule has 0 aromatic rings. The maximum atomic E-state index is 12.1. The average Bonchev–Trinajstić information content (AvgIpc) is 2.21. The first kappa shape index (κ1) is 14.3. The quantitative estimate of drug-likeness (QED) is 0.650. The first-order valence-corrected chi connectivity index (χ1v) is 5.84. The Hall–Kier alpha value is -1.79. The summed E-state index contributed by atoms with van der Waals surface area (Å²) in [6.07, 6.45) is -0.889. The van der Waals surface area contributed by atoms with E-state index in [1.165, 1.54) is 4.90 Å². The van der Waals surface area contributed by atoms with Gasteiger partial charge in [0.15, 0.2) is 0 Å². The van der Waals surface area contributed by atoms with E-state index in [1.54, 1.807) is 6.92 Å². The lowest BCUT2D eigenvalue weighted by atomic mass is 10.0. The molecule has 1 aliphatic rings. The number of nitrogens with zero attached hydrogens (tertiary/aromatic N) is 1. The molecule has 0 aromatic heterocycles. The fourth-order valence-corrected chi connectivity index (χ4v) is 2.03. The molecule has 3 N–H and O–H groups in total. The van der Waals surface area contributed by atoms with Crippen LogP contribution in [0.5, 0.6) is 0 Å². The molecular formula is C11H19N3O4. The minimum Gasteiger partial charge on any atom is -0.465 e. The van der Waals surface area contributed by atoms with Crippen LogP contribution in [0.25, 0.3) is 0 Å². The molecule has 1 saturated heterocycles. The van der Waals surface area contributed by atoms with Gasteiger partial charge in [0.1, 0.15) is 6.04 Å². The van der Waals surface area contributed by atoms with E-state index in [2.05, 4.69) is 10.6 Å². The highest BCUT2D eigenvalue weighted by Gasteiger charge is 2.35. The SMILES string of the molecule is CCC(NC(=O)O)C(=O)N1CC(=O)NC(C)(C)C1. The Morgan fingerprint density at radius 1 is 1.56 bits per heavy atom. The van der Waals surface area contributed by atoms with Crippen LogP contribution in [0.1, 0.15) is 27.2 Å². The summed E-state index contributed by atoms with van der Waals surface area (Å²) >= 11 is 0. The van der Waals surface area contributed by atoms with Crippen LogP contribution >= 0.6 is 0 Å². The van der Waals surface area contributed by atoms with Gasteiger partial charge in [-0.25, -0.2) is 4.79 Å². The number of carbonyl (C=O) groups is 3. The molecule has 3 amide bonds. The van der Waals surface area contributed by atoms with Gasteiger partial charge in [-0.3, -0.25) is 9.59 Å². The second-order valence-electron chi connectivity index (χ2n) is 5.04. The lowest BCUT2D eigenvalue weighted by Gasteiger charge is -2.39. The van der Waals surface area contributed by atoms with Gasteiger partial charge in [0.2, 0.25) is 11.8 Å². The summed E-state index contributed by atoms with van der Waals surface area (Å²) in [5, 5.41) is 13.6. The smallest absolute Gasteiger partial charge is 0.405 e. The second kappa shape index (κ2) is 5.24. The van der Waals surface area contributed by atoms with Crippen molar-refractivity contribution in [3.8, 4) is 0 Å². The standard InChI is InChI=1S/C11H19N3O4/c1-4-7(12-10(17)18)9(16)14-5-8(15)13-11(2,3)6-14/h7,12H,4-6H2,1-3H3,(H,13,15)(H,17,18). The number of rotatable bonds is 3. The maximum absolute atomic E-state index is 12.1. The number of carbonyl (C=O) groups excluding carboxylic acids is 2. The molecule has 1 rings (SSSR count). The van der Waals surface area contributed by atoms with E-state index in [-0.39, 0.29) is 18.4 Å². The summed E-state index contributed by atoms with van der Waals surface area (Å²) in [5.74, 6) is -0.590. The summed E-state index contributed by atoms with van der Waals surface area (Å²) in [6.45, 7) is 5.69. The average molecular weight is 257 g/mol. The first-order valence-electron chi connectivity index (χ1n) is 5.84. The van der Waals surface area contributed by atoms with E-state index in [0.29, 0.717) is 13.0 Å². The van der Waals surface area contributed by atoms with Crippen LogP contribution in [-0.2, 0) is 9.59 Å². The highest BCUT2D eigenvalue weighted by Crippen LogP contribution is 2.12. The Morgan fingerprint density at radius 2 is 2.17 bits per heavy atom. The van der Waals surface area contributed by atoms with E-state index in [9.17, 15) is 14.4 Å². The number of hydrogen-bond donors (Lipinski definition) is 3. The van der Waals surface area contributed by atoms with Gasteiger partial charge in [0.05, 0.1) is 12.1 Å². The third kappa shape index (κ3) is 3.61. The Kier molecular flexibility index (Phi) is 4.15. The molecule has 0 saturated carbocycles. The third-order valence-corrected chi connectivity index (χ3v) is 2.71. The number of piperazine rings is 1. The van der Waals surface area contributed by atoms with E-state index in [1.807, 2.05) is 13.8 Å². The predicted octanol–water partition coefficient (Wildman–Crippen LogP) is -0.230. The van der Waals surface area contributed by atoms with E-state index < -0.39 is 17.7 Å². The van der Waals surface area contributed by atoms with Crippen LogP contribution in [0, 0.1) is 0 Å². The van der Waals surface area contributed by atoms with Crippen molar-refractivity contribution in [3.63, 3.8) is 0 Å². The van der Waals surface area contributed by atoms with E-state index >= 15 is 0 Å². The molecule has 0 spiro atoms. The Morgan fingerprint density at radius 3 is 2.61 bits per heavy atom. The Bertz CT molecular complexity index is 367. The molecule has 0 bridgehead atoms. The van der Waals surface area contributed by atoms with Crippen molar-refractivity contribution in [2.24, 2.45) is 0 Å². The van der Waals surface area contributed by atoms with Gasteiger partial charge in [-0.15, -0.1) is 0 Å². The summed E-state index contributed by atoms with van der Waals surface area (Å²) in [5.41, 5.74) is -0.494. The van der Waals surface area contributed by atoms with Crippen LogP contribution in [0.4, 0.5) is 4.79 Å². The molecule has 1 atom stereocenters. The summed E-state index contributed by atoms with van der Waals surface area (Å²) in [4.78, 5) is 35.6. The minimum absolute atomic E-state index is 0.0277. The highest BCUT2D eigenvalue weighted by atomic mass is 16.4. The first-order chi connectivity index (χ1) is 8.25. The molecule has 0 radical (unpaired) electrons. The van der Waals surface area contributed by atoms with Gasteiger partial charge in [-0.2, -0.15) is 0 Å². The summed E-state index contributed by atoms with van der Waals surface area (Å²) in [7, 11) is 0. The van der Waals surface area contributed by atoms with Gasteiger partial charge in [0, 0.05) is 6.54 Å². The molecule has 1 heterocycles. The van der Waals surface area contributed by atoms with Crippen LogP contribution in [0.3, 0.4) is 0 Å². The van der Waals surface area contributed by atoms with Crippen molar-refractivity contribution in [3.05, 3.63) is 0 Å². The minimum atomic E-state index is -1.24. The Labute approximate surface area is 106 Å². The summed E-state index contributed by atoms with van der Waals surface area (Å²) in [6, 6.07) is -0.802. The van der Waals surface area contributed by atoms with E-state index in [4.69, 9.17) is 5.11 Å². The third-order valence-electron chi connectivity index (χ3n) is 2.71. The lowest BCUT2D eigenvalue weighted by molar-refractivity contribution is -0.142. The van der Waals surface area contributed by atoms with Crippen molar-refractivity contribution in [2.45, 2.75) is 38.8 Å². The number of nitrogens with one attached hydrogen (secondary N) is 2. The number of hydrogen-bond acceptors (Lipinski definition) is 3. The van der Waals surface area contributed by atoms with Crippen molar-refractivity contribution >= 4 is 17.9 Å².